The average Bonchev–Trinajstić information content (AvgIpc) is 2.97. The number of pyridine rings is 1. The number of unbranched alkanes of at least 4 members (excludes halogenated alkanes) is 2. The van der Waals surface area contributed by atoms with Gasteiger partial charge in [0.1, 0.15) is 17.4 Å². The maximum absolute atomic E-state index is 13.2. The number of amidine groups is 1. The molecule has 0 aliphatic heterocycles. The normalized spacial score (nSPS) is 10.4. The molecule has 41 heavy (non-hydrogen) atoms. The fourth-order valence-electron chi connectivity index (χ4n) is 3.79. The molecule has 1 heterocycles. The molecular weight excluding hydrogens is 546 g/mol. The van der Waals surface area contributed by atoms with Gasteiger partial charge in [0, 0.05) is 30.9 Å². The summed E-state index contributed by atoms with van der Waals surface area (Å²) in [6.07, 6.45) is 4.61. The Hall–Kier alpha value is -4.44. The van der Waals surface area contributed by atoms with Gasteiger partial charge in [0.25, 0.3) is 11.8 Å². The van der Waals surface area contributed by atoms with Gasteiger partial charge in [-0.25, -0.2) is 9.78 Å². The Morgan fingerprint density at radius 2 is 1.68 bits per heavy atom. The van der Waals surface area contributed by atoms with Gasteiger partial charge in [-0.15, -0.1) is 0 Å². The second kappa shape index (κ2) is 15.4. The van der Waals surface area contributed by atoms with Crippen LogP contribution in [0.25, 0.3) is 0 Å². The van der Waals surface area contributed by atoms with E-state index in [4.69, 9.17) is 26.5 Å². The first kappa shape index (κ1) is 31.1. The van der Waals surface area contributed by atoms with Gasteiger partial charge in [-0.2, -0.15) is 0 Å². The minimum absolute atomic E-state index is 0.0866. The van der Waals surface area contributed by atoms with E-state index < -0.39 is 17.8 Å². The third kappa shape index (κ3) is 9.32. The van der Waals surface area contributed by atoms with Crippen molar-refractivity contribution in [2.24, 2.45) is 0 Å². The molecular formula is C30H34ClN5O5. The Bertz CT molecular complexity index is 1360. The molecule has 0 saturated carbocycles. The summed E-state index contributed by atoms with van der Waals surface area (Å²) in [6, 6.07) is 14.3. The van der Waals surface area contributed by atoms with Gasteiger partial charge in [0.15, 0.2) is 6.61 Å². The van der Waals surface area contributed by atoms with Crippen molar-refractivity contribution >= 4 is 46.7 Å². The van der Waals surface area contributed by atoms with Gasteiger partial charge in [0.05, 0.1) is 22.9 Å². The van der Waals surface area contributed by atoms with Gasteiger partial charge in [-0.1, -0.05) is 43.5 Å². The highest BCUT2D eigenvalue weighted by atomic mass is 35.5. The predicted molar refractivity (Wildman–Crippen MR) is 159 cm³/mol. The highest BCUT2D eigenvalue weighted by molar-refractivity contribution is 6.30. The zero-order chi connectivity index (χ0) is 29.8. The van der Waals surface area contributed by atoms with Crippen molar-refractivity contribution in [2.75, 3.05) is 37.4 Å². The molecule has 0 spiro atoms. The van der Waals surface area contributed by atoms with Crippen molar-refractivity contribution < 1.29 is 23.9 Å². The summed E-state index contributed by atoms with van der Waals surface area (Å²) in [4.78, 5) is 44.0. The molecule has 0 unspecified atom stereocenters. The van der Waals surface area contributed by atoms with Gasteiger partial charge >= 0.3 is 5.97 Å². The van der Waals surface area contributed by atoms with Gasteiger partial charge < -0.3 is 25.0 Å². The number of carbonyl (C=O) groups excluding carboxylic acids is 3. The largest absolute Gasteiger partial charge is 0.482 e. The summed E-state index contributed by atoms with van der Waals surface area (Å²) in [5, 5.41) is 14.3. The highest BCUT2D eigenvalue weighted by Gasteiger charge is 2.18. The van der Waals surface area contributed by atoms with E-state index in [0.717, 1.165) is 25.8 Å². The lowest BCUT2D eigenvalue weighted by Crippen LogP contribution is -2.27. The van der Waals surface area contributed by atoms with Crippen molar-refractivity contribution in [2.45, 2.75) is 33.1 Å². The Morgan fingerprint density at radius 1 is 0.951 bits per heavy atom. The van der Waals surface area contributed by atoms with Crippen LogP contribution in [-0.4, -0.2) is 60.3 Å². The molecule has 2 amide bonds. The van der Waals surface area contributed by atoms with E-state index in [1.54, 1.807) is 43.3 Å². The first-order valence-corrected chi connectivity index (χ1v) is 13.7. The maximum Gasteiger partial charge on any atom is 0.344 e. The topological polar surface area (TPSA) is 134 Å². The molecule has 0 aliphatic rings. The molecule has 3 aromatic rings. The van der Waals surface area contributed by atoms with Crippen LogP contribution >= 0.6 is 11.6 Å². The van der Waals surface area contributed by atoms with Crippen LogP contribution in [0.2, 0.25) is 5.02 Å². The Morgan fingerprint density at radius 3 is 2.34 bits per heavy atom. The fraction of sp³-hybridized carbons (Fsp3) is 0.300. The number of hydrogen-bond acceptors (Lipinski definition) is 7. The Kier molecular flexibility index (Phi) is 11.7. The van der Waals surface area contributed by atoms with Gasteiger partial charge in [-0.3, -0.25) is 15.0 Å². The summed E-state index contributed by atoms with van der Waals surface area (Å²) in [7, 11) is 1.88. The van der Waals surface area contributed by atoms with Crippen molar-refractivity contribution in [3.05, 3.63) is 82.5 Å². The van der Waals surface area contributed by atoms with Crippen LogP contribution in [0.1, 0.15) is 59.4 Å². The third-order valence-electron chi connectivity index (χ3n) is 6.01. The Balaban J connectivity index is 1.78. The number of aromatic nitrogens is 1. The highest BCUT2D eigenvalue weighted by Crippen LogP contribution is 2.25. The standard InChI is InChI=1S/C30H34ClN5O5/c1-4-6-7-16-36(3)28(32)20-8-10-21(11-9-20)29(38)34-25-14-13-23(41-19-27(37)40-5-2)17-24(25)30(39)35-26-15-12-22(31)18-33-26/h8-15,17-18,32H,4-7,16,19H2,1-3H3,(H,34,38)(H,33,35,39). The minimum atomic E-state index is -0.563. The number of nitrogens with zero attached hydrogens (tertiary/aromatic N) is 2. The second-order valence-electron chi connectivity index (χ2n) is 9.13. The smallest absolute Gasteiger partial charge is 0.344 e. The third-order valence-corrected chi connectivity index (χ3v) is 6.24. The molecule has 0 bridgehead atoms. The summed E-state index contributed by atoms with van der Waals surface area (Å²) in [5.41, 5.74) is 1.35. The number of nitrogens with one attached hydrogen (secondary N) is 3. The van der Waals surface area contributed by atoms with Crippen molar-refractivity contribution in [1.82, 2.24) is 9.88 Å². The number of esters is 1. The number of anilines is 2. The van der Waals surface area contributed by atoms with Crippen LogP contribution in [0.4, 0.5) is 11.5 Å². The van der Waals surface area contributed by atoms with E-state index in [1.807, 2.05) is 11.9 Å². The molecule has 3 rings (SSSR count). The van der Waals surface area contributed by atoms with Crippen LogP contribution < -0.4 is 15.4 Å². The number of carbonyl (C=O) groups is 3. The fourth-order valence-corrected chi connectivity index (χ4v) is 3.91. The number of amides is 2. The molecule has 0 saturated heterocycles. The second-order valence-corrected chi connectivity index (χ2v) is 9.56. The SMILES string of the molecule is CCCCCN(C)C(=N)c1ccc(C(=O)Nc2ccc(OCC(=O)OCC)cc2C(=O)Nc2ccc(Cl)cn2)cc1. The van der Waals surface area contributed by atoms with Crippen molar-refractivity contribution in [3.8, 4) is 5.75 Å². The summed E-state index contributed by atoms with van der Waals surface area (Å²) < 4.78 is 10.4. The summed E-state index contributed by atoms with van der Waals surface area (Å²) in [6.45, 7) is 4.48. The number of halogens is 1. The zero-order valence-corrected chi connectivity index (χ0v) is 24.1. The molecule has 0 atom stereocenters. The number of rotatable bonds is 13. The summed E-state index contributed by atoms with van der Waals surface area (Å²) >= 11 is 5.89. The quantitative estimate of drug-likeness (QED) is 0.103. The van der Waals surface area contributed by atoms with Gasteiger partial charge in [-0.05, 0) is 55.8 Å². The summed E-state index contributed by atoms with van der Waals surface area (Å²) in [5.74, 6) is -0.695. The number of ether oxygens (including phenoxy) is 2. The lowest BCUT2D eigenvalue weighted by molar-refractivity contribution is -0.145. The first-order valence-electron chi connectivity index (χ1n) is 13.3. The molecule has 2 aromatic carbocycles. The molecule has 10 nitrogen and oxygen atoms in total. The van der Waals surface area contributed by atoms with Crippen LogP contribution in [0, 0.1) is 5.41 Å². The number of hydrogen-bond donors (Lipinski definition) is 3. The molecule has 0 aliphatic carbocycles. The van der Waals surface area contributed by atoms with E-state index in [9.17, 15) is 14.4 Å². The van der Waals surface area contributed by atoms with Gasteiger partial charge in [0.2, 0.25) is 0 Å². The van der Waals surface area contributed by atoms with E-state index in [0.29, 0.717) is 22.0 Å². The lowest BCUT2D eigenvalue weighted by atomic mass is 10.1. The van der Waals surface area contributed by atoms with E-state index in [-0.39, 0.29) is 36.0 Å². The van der Waals surface area contributed by atoms with Crippen molar-refractivity contribution in [1.29, 1.82) is 5.41 Å². The molecule has 3 N–H and O–H groups in total. The van der Waals surface area contributed by atoms with E-state index in [1.165, 1.54) is 24.4 Å². The van der Waals surface area contributed by atoms with Crippen molar-refractivity contribution in [3.63, 3.8) is 0 Å². The maximum atomic E-state index is 13.2. The molecule has 0 fully saturated rings. The monoisotopic (exact) mass is 579 g/mol. The van der Waals surface area contributed by atoms with Crippen LogP contribution in [0.15, 0.2) is 60.8 Å². The number of benzene rings is 2. The average molecular weight is 580 g/mol. The van der Waals surface area contributed by atoms with Crippen LogP contribution in [-0.2, 0) is 9.53 Å². The molecule has 11 heteroatoms. The lowest BCUT2D eigenvalue weighted by Gasteiger charge is -2.20. The van der Waals surface area contributed by atoms with E-state index in [2.05, 4.69) is 22.5 Å². The van der Waals surface area contributed by atoms with Crippen LogP contribution in [0.3, 0.4) is 0 Å². The Labute approximate surface area is 244 Å². The molecule has 1 aromatic heterocycles. The zero-order valence-electron chi connectivity index (χ0n) is 23.3. The van der Waals surface area contributed by atoms with Crippen LogP contribution in [0.5, 0.6) is 5.75 Å². The first-order chi connectivity index (χ1) is 19.7. The molecule has 0 radical (unpaired) electrons. The molecule has 216 valence electrons. The minimum Gasteiger partial charge on any atom is -0.482 e. The van der Waals surface area contributed by atoms with E-state index >= 15 is 0 Å². The predicted octanol–water partition coefficient (Wildman–Crippen LogP) is 5.63.